The third-order valence-corrected chi connectivity index (χ3v) is 8.14. The fourth-order valence-corrected chi connectivity index (χ4v) is 5.95. The number of β-amino-alcohol motifs (C(OH)–C–C–N with tert-alkyl or cyclic N) is 1. The number of carboxylic acid groups (broad SMARTS) is 1. The van der Waals surface area contributed by atoms with E-state index in [0.29, 0.717) is 58.2 Å². The number of fused-ring (bicyclic) bond motifs is 1. The van der Waals surface area contributed by atoms with Crippen LogP contribution in [-0.2, 0) is 24.4 Å². The van der Waals surface area contributed by atoms with Gasteiger partial charge in [0.25, 0.3) is 0 Å². The minimum Gasteiger partial charge on any atom is -0.488 e. The predicted molar refractivity (Wildman–Crippen MR) is 156 cm³/mol. The van der Waals surface area contributed by atoms with Crippen LogP contribution in [0.25, 0.3) is 11.1 Å². The van der Waals surface area contributed by atoms with Crippen molar-refractivity contribution in [2.45, 2.75) is 37.7 Å². The Hall–Kier alpha value is -4.49. The Balaban J connectivity index is 1.27. The number of nitriles is 1. The van der Waals surface area contributed by atoms with E-state index in [1.54, 1.807) is 41.4 Å². The Kier molecular flexibility index (Phi) is 7.75. The van der Waals surface area contributed by atoms with Crippen LogP contribution in [0.2, 0.25) is 5.02 Å². The van der Waals surface area contributed by atoms with Crippen molar-refractivity contribution in [3.63, 3.8) is 0 Å². The molecule has 2 heterocycles. The highest BCUT2D eigenvalue weighted by molar-refractivity contribution is 6.32. The molecule has 2 aliphatic rings. The van der Waals surface area contributed by atoms with E-state index in [0.717, 1.165) is 16.7 Å². The Morgan fingerprint density at radius 1 is 1.12 bits per heavy atom. The molecule has 2 N–H and O–H groups in total. The summed E-state index contributed by atoms with van der Waals surface area (Å²) in [6.07, 6.45) is 4.17. The van der Waals surface area contributed by atoms with Gasteiger partial charge in [0.2, 0.25) is 0 Å². The summed E-state index contributed by atoms with van der Waals surface area (Å²) in [6.45, 7) is 0.345. The number of carbonyl (C=O) groups is 1. The summed E-state index contributed by atoms with van der Waals surface area (Å²) >= 11 is 6.72. The molecule has 1 aromatic heterocycles. The second kappa shape index (κ2) is 11.7. The van der Waals surface area contributed by atoms with Crippen LogP contribution < -0.4 is 9.47 Å². The number of pyridine rings is 1. The molecule has 218 valence electrons. The molecule has 0 saturated carbocycles. The lowest BCUT2D eigenvalue weighted by Crippen LogP contribution is -2.65. The van der Waals surface area contributed by atoms with Crippen LogP contribution >= 0.6 is 11.6 Å². The van der Waals surface area contributed by atoms with Gasteiger partial charge >= 0.3 is 5.97 Å². The molecule has 4 aromatic rings. The number of hydrogen-bond donors (Lipinski definition) is 2. The zero-order valence-corrected chi connectivity index (χ0v) is 23.7. The molecule has 10 heteroatoms. The highest BCUT2D eigenvalue weighted by Gasteiger charge is 2.48. The van der Waals surface area contributed by atoms with Gasteiger partial charge in [0.15, 0.2) is 5.60 Å². The highest BCUT2D eigenvalue weighted by Crippen LogP contribution is 2.43. The molecule has 8 nitrogen and oxygen atoms in total. The molecule has 1 fully saturated rings. The maximum absolute atomic E-state index is 14.6. The van der Waals surface area contributed by atoms with Crippen molar-refractivity contribution >= 4 is 17.6 Å². The van der Waals surface area contributed by atoms with Gasteiger partial charge in [-0.25, -0.2) is 9.18 Å². The molecule has 1 aliphatic carbocycles. The number of aliphatic hydroxyl groups is 1. The monoisotopic (exact) mass is 599 g/mol. The third-order valence-electron chi connectivity index (χ3n) is 7.84. The van der Waals surface area contributed by atoms with Gasteiger partial charge in [0, 0.05) is 54.8 Å². The minimum absolute atomic E-state index is 0.0328. The SMILES string of the molecule is N#Cc1cncc(COc2cc(O[C@H]3CCc4c(-c5ccccc5F)cccc43)c(Cl)cc2CN2CC(O)(C(=O)O)C2)c1. The second-order valence-corrected chi connectivity index (χ2v) is 11.3. The number of halogens is 2. The molecule has 1 saturated heterocycles. The van der Waals surface area contributed by atoms with Crippen LogP contribution in [0, 0.1) is 17.1 Å². The highest BCUT2D eigenvalue weighted by atomic mass is 35.5. The Morgan fingerprint density at radius 3 is 2.67 bits per heavy atom. The molecule has 0 unspecified atom stereocenters. The maximum atomic E-state index is 14.6. The van der Waals surface area contributed by atoms with Gasteiger partial charge < -0.3 is 19.7 Å². The molecular weight excluding hydrogens is 573 g/mol. The molecule has 43 heavy (non-hydrogen) atoms. The molecule has 0 amide bonds. The number of hydrogen-bond acceptors (Lipinski definition) is 7. The first-order chi connectivity index (χ1) is 20.7. The first-order valence-corrected chi connectivity index (χ1v) is 14.1. The van der Waals surface area contributed by atoms with E-state index < -0.39 is 11.6 Å². The molecule has 0 bridgehead atoms. The summed E-state index contributed by atoms with van der Waals surface area (Å²) in [5, 5.41) is 29.0. The predicted octanol–water partition coefficient (Wildman–Crippen LogP) is 5.69. The zero-order chi connectivity index (χ0) is 30.1. The van der Waals surface area contributed by atoms with Gasteiger partial charge in [0.1, 0.15) is 36.1 Å². The summed E-state index contributed by atoms with van der Waals surface area (Å²) in [5.74, 6) is -0.669. The van der Waals surface area contributed by atoms with Gasteiger partial charge in [-0.3, -0.25) is 9.88 Å². The topological polar surface area (TPSA) is 116 Å². The first-order valence-electron chi connectivity index (χ1n) is 13.7. The third kappa shape index (κ3) is 5.77. The van der Waals surface area contributed by atoms with Crippen LogP contribution in [0.3, 0.4) is 0 Å². The maximum Gasteiger partial charge on any atom is 0.338 e. The molecule has 1 atom stereocenters. The minimum atomic E-state index is -1.78. The average molecular weight is 600 g/mol. The average Bonchev–Trinajstić information content (AvgIpc) is 3.40. The van der Waals surface area contributed by atoms with Gasteiger partial charge in [-0.05, 0) is 47.7 Å². The van der Waals surface area contributed by atoms with Crippen molar-refractivity contribution in [3.8, 4) is 28.7 Å². The molecule has 1 aliphatic heterocycles. The lowest BCUT2D eigenvalue weighted by atomic mass is 9.93. The van der Waals surface area contributed by atoms with Crippen molar-refractivity contribution in [1.29, 1.82) is 5.26 Å². The summed E-state index contributed by atoms with van der Waals surface area (Å²) in [4.78, 5) is 17.2. The van der Waals surface area contributed by atoms with Crippen LogP contribution in [0.15, 0.2) is 73.1 Å². The van der Waals surface area contributed by atoms with Gasteiger partial charge in [-0.1, -0.05) is 48.0 Å². The number of likely N-dealkylation sites (tertiary alicyclic amines) is 1. The van der Waals surface area contributed by atoms with E-state index in [-0.39, 0.29) is 31.6 Å². The zero-order valence-electron chi connectivity index (χ0n) is 23.0. The number of nitrogens with zero attached hydrogens (tertiary/aromatic N) is 3. The number of benzene rings is 3. The van der Waals surface area contributed by atoms with Gasteiger partial charge in [0.05, 0.1) is 10.6 Å². The Bertz CT molecular complexity index is 1750. The van der Waals surface area contributed by atoms with Gasteiger partial charge in [-0.15, -0.1) is 0 Å². The molecular formula is C33H27ClFN3O5. The lowest BCUT2D eigenvalue weighted by molar-refractivity contribution is -0.178. The normalized spacial score (nSPS) is 17.0. The summed E-state index contributed by atoms with van der Waals surface area (Å²) in [5.41, 5.74) is 3.40. The van der Waals surface area contributed by atoms with Crippen molar-refractivity contribution in [2.75, 3.05) is 13.1 Å². The molecule has 3 aromatic carbocycles. The number of aromatic nitrogens is 1. The van der Waals surface area contributed by atoms with E-state index in [2.05, 4.69) is 11.1 Å². The van der Waals surface area contributed by atoms with Gasteiger partial charge in [-0.2, -0.15) is 5.26 Å². The number of carboxylic acids is 1. The van der Waals surface area contributed by atoms with Crippen LogP contribution in [0.5, 0.6) is 11.5 Å². The smallest absolute Gasteiger partial charge is 0.338 e. The number of ether oxygens (including phenoxy) is 2. The van der Waals surface area contributed by atoms with Crippen molar-refractivity contribution in [3.05, 3.63) is 112 Å². The van der Waals surface area contributed by atoms with Crippen LogP contribution in [0.1, 0.15) is 40.3 Å². The molecule has 6 rings (SSSR count). The second-order valence-electron chi connectivity index (χ2n) is 10.9. The molecule has 0 spiro atoms. The van der Waals surface area contributed by atoms with Crippen LogP contribution in [-0.4, -0.2) is 44.8 Å². The standard InChI is InChI=1S/C33H27ClFN3O5/c34-27-11-22(16-38-18-33(41,19-38)32(39)40)30(42-17-21-10-20(13-36)14-37-15-21)12-31(27)43-29-9-8-24-23(5-3-6-26(24)29)25-4-1-2-7-28(25)35/h1-7,10-12,14-15,29,41H,8-9,16-19H2,(H,39,40)/t29-/m0/s1. The lowest BCUT2D eigenvalue weighted by Gasteiger charge is -2.43. The van der Waals surface area contributed by atoms with Crippen molar-refractivity contribution < 1.29 is 28.9 Å². The summed E-state index contributed by atoms with van der Waals surface area (Å²) in [7, 11) is 0. The first kappa shape index (κ1) is 28.6. The molecule has 0 radical (unpaired) electrons. The largest absolute Gasteiger partial charge is 0.488 e. The number of rotatable bonds is 9. The van der Waals surface area contributed by atoms with E-state index in [1.807, 2.05) is 24.3 Å². The van der Waals surface area contributed by atoms with E-state index in [4.69, 9.17) is 21.1 Å². The van der Waals surface area contributed by atoms with Crippen molar-refractivity contribution in [1.82, 2.24) is 9.88 Å². The van der Waals surface area contributed by atoms with E-state index in [1.165, 1.54) is 12.3 Å². The Labute approximate surface area is 252 Å². The quantitative estimate of drug-likeness (QED) is 0.252. The van der Waals surface area contributed by atoms with Crippen molar-refractivity contribution in [2.24, 2.45) is 0 Å². The summed E-state index contributed by atoms with van der Waals surface area (Å²) in [6, 6.07) is 19.7. The summed E-state index contributed by atoms with van der Waals surface area (Å²) < 4.78 is 27.3. The van der Waals surface area contributed by atoms with E-state index >= 15 is 0 Å². The number of aliphatic carboxylic acids is 1. The fraction of sp³-hybridized carbons (Fsp3) is 0.242. The Morgan fingerprint density at radius 2 is 1.91 bits per heavy atom. The van der Waals surface area contributed by atoms with E-state index in [9.17, 15) is 24.7 Å². The van der Waals surface area contributed by atoms with Crippen LogP contribution in [0.4, 0.5) is 4.39 Å². The fourth-order valence-electron chi connectivity index (χ4n) is 5.72.